The number of aliphatic hydroxyl groups excluding tert-OH is 1. The standard InChI is InChI=1S/C11H19NO7/c1-7(2)11(18)19-6-8(13)3-12(4-9(14)15)5-10(16)17/h7-8,13H,3-6H2,1-2H3,(H,14,15)(H,16,17). The fourth-order valence-corrected chi connectivity index (χ4v) is 1.26. The van der Waals surface area contributed by atoms with E-state index >= 15 is 0 Å². The molecule has 0 aromatic heterocycles. The Morgan fingerprint density at radius 1 is 1.11 bits per heavy atom. The number of nitrogens with zero attached hydrogens (tertiary/aromatic N) is 1. The van der Waals surface area contributed by atoms with Crippen LogP contribution in [0.1, 0.15) is 13.8 Å². The molecular weight excluding hydrogens is 258 g/mol. The maximum atomic E-state index is 11.2. The molecule has 0 aliphatic rings. The second-order valence-electron chi connectivity index (χ2n) is 4.40. The van der Waals surface area contributed by atoms with Crippen LogP contribution in [-0.4, -0.2) is 70.5 Å². The SMILES string of the molecule is CC(C)C(=O)OCC(O)CN(CC(=O)O)CC(=O)O. The smallest absolute Gasteiger partial charge is 0.317 e. The molecule has 1 atom stereocenters. The van der Waals surface area contributed by atoms with Crippen molar-refractivity contribution in [2.45, 2.75) is 20.0 Å². The van der Waals surface area contributed by atoms with E-state index in [4.69, 9.17) is 14.9 Å². The van der Waals surface area contributed by atoms with Crippen molar-refractivity contribution in [1.82, 2.24) is 4.90 Å². The van der Waals surface area contributed by atoms with E-state index in [0.29, 0.717) is 0 Å². The van der Waals surface area contributed by atoms with Crippen molar-refractivity contribution in [2.75, 3.05) is 26.2 Å². The minimum Gasteiger partial charge on any atom is -0.480 e. The van der Waals surface area contributed by atoms with Gasteiger partial charge in [-0.25, -0.2) is 0 Å². The largest absolute Gasteiger partial charge is 0.480 e. The van der Waals surface area contributed by atoms with E-state index in [2.05, 4.69) is 0 Å². The van der Waals surface area contributed by atoms with Gasteiger partial charge in [0.25, 0.3) is 0 Å². The zero-order valence-corrected chi connectivity index (χ0v) is 10.9. The van der Waals surface area contributed by atoms with Crippen molar-refractivity contribution < 1.29 is 34.4 Å². The summed E-state index contributed by atoms with van der Waals surface area (Å²) in [4.78, 5) is 33.2. The summed E-state index contributed by atoms with van der Waals surface area (Å²) >= 11 is 0. The summed E-state index contributed by atoms with van der Waals surface area (Å²) < 4.78 is 4.77. The van der Waals surface area contributed by atoms with Crippen LogP contribution in [0.2, 0.25) is 0 Å². The fourth-order valence-electron chi connectivity index (χ4n) is 1.26. The van der Waals surface area contributed by atoms with Gasteiger partial charge in [0.1, 0.15) is 12.7 Å². The van der Waals surface area contributed by atoms with Gasteiger partial charge in [0.2, 0.25) is 0 Å². The van der Waals surface area contributed by atoms with Crippen molar-refractivity contribution >= 4 is 17.9 Å². The third-order valence-corrected chi connectivity index (χ3v) is 2.08. The predicted octanol–water partition coefficient (Wildman–Crippen LogP) is -0.982. The molecule has 3 N–H and O–H groups in total. The predicted molar refractivity (Wildman–Crippen MR) is 63.5 cm³/mol. The Morgan fingerprint density at radius 2 is 1.58 bits per heavy atom. The first-order valence-corrected chi connectivity index (χ1v) is 5.73. The lowest BCUT2D eigenvalue weighted by molar-refractivity contribution is -0.152. The van der Waals surface area contributed by atoms with Crippen molar-refractivity contribution in [1.29, 1.82) is 0 Å². The second-order valence-corrected chi connectivity index (χ2v) is 4.40. The Labute approximate surface area is 110 Å². The van der Waals surface area contributed by atoms with E-state index in [-0.39, 0.29) is 19.1 Å². The summed E-state index contributed by atoms with van der Waals surface area (Å²) in [6.45, 7) is 1.74. The quantitative estimate of drug-likeness (QED) is 0.459. The van der Waals surface area contributed by atoms with Crippen LogP contribution < -0.4 is 0 Å². The molecule has 0 saturated carbocycles. The first-order valence-electron chi connectivity index (χ1n) is 5.73. The maximum absolute atomic E-state index is 11.2. The number of carbonyl (C=O) groups excluding carboxylic acids is 1. The molecule has 0 rings (SSSR count). The lowest BCUT2D eigenvalue weighted by Gasteiger charge is -2.21. The molecule has 1 unspecified atom stereocenters. The van der Waals surface area contributed by atoms with Crippen molar-refractivity contribution in [3.8, 4) is 0 Å². The number of ether oxygens (including phenoxy) is 1. The van der Waals surface area contributed by atoms with Crippen LogP contribution >= 0.6 is 0 Å². The Bertz CT molecular complexity index is 313. The van der Waals surface area contributed by atoms with Crippen LogP contribution in [-0.2, 0) is 19.1 Å². The summed E-state index contributed by atoms with van der Waals surface area (Å²) in [5.74, 6) is -3.22. The third kappa shape index (κ3) is 8.97. The van der Waals surface area contributed by atoms with Gasteiger partial charge in [-0.15, -0.1) is 0 Å². The number of esters is 1. The number of carboxylic acid groups (broad SMARTS) is 2. The van der Waals surface area contributed by atoms with Crippen LogP contribution in [0.3, 0.4) is 0 Å². The molecule has 0 aliphatic heterocycles. The molecule has 110 valence electrons. The molecular formula is C11H19NO7. The average Bonchev–Trinajstić information content (AvgIpc) is 2.23. The second kappa shape index (κ2) is 8.44. The Hall–Kier alpha value is -1.67. The van der Waals surface area contributed by atoms with E-state index < -0.39 is 37.1 Å². The number of aliphatic carboxylic acids is 2. The van der Waals surface area contributed by atoms with Gasteiger partial charge >= 0.3 is 17.9 Å². The van der Waals surface area contributed by atoms with E-state index in [0.717, 1.165) is 4.90 Å². The zero-order chi connectivity index (χ0) is 15.0. The first kappa shape index (κ1) is 17.3. The molecule has 8 nitrogen and oxygen atoms in total. The molecule has 0 aliphatic carbocycles. The van der Waals surface area contributed by atoms with Gasteiger partial charge in [0.15, 0.2) is 0 Å². The number of rotatable bonds is 9. The van der Waals surface area contributed by atoms with Crippen molar-refractivity contribution in [3.05, 3.63) is 0 Å². The maximum Gasteiger partial charge on any atom is 0.317 e. The van der Waals surface area contributed by atoms with Crippen LogP contribution in [0.4, 0.5) is 0 Å². The monoisotopic (exact) mass is 277 g/mol. The van der Waals surface area contributed by atoms with Crippen molar-refractivity contribution in [3.63, 3.8) is 0 Å². The van der Waals surface area contributed by atoms with E-state index in [1.165, 1.54) is 0 Å². The lowest BCUT2D eigenvalue weighted by atomic mass is 10.2. The van der Waals surface area contributed by atoms with Crippen LogP contribution in [0.15, 0.2) is 0 Å². The van der Waals surface area contributed by atoms with Gasteiger partial charge < -0.3 is 20.1 Å². The van der Waals surface area contributed by atoms with Gasteiger partial charge in [0, 0.05) is 6.54 Å². The third-order valence-electron chi connectivity index (χ3n) is 2.08. The van der Waals surface area contributed by atoms with Gasteiger partial charge in [-0.1, -0.05) is 13.8 Å². The normalized spacial score (nSPS) is 12.5. The van der Waals surface area contributed by atoms with Crippen LogP contribution in [0.5, 0.6) is 0 Å². The molecule has 0 fully saturated rings. The Balaban J connectivity index is 4.22. The van der Waals surface area contributed by atoms with E-state index in [1.54, 1.807) is 13.8 Å². The Kier molecular flexibility index (Phi) is 7.69. The summed E-state index contributed by atoms with van der Waals surface area (Å²) in [6, 6.07) is 0. The number of hydrogen-bond donors (Lipinski definition) is 3. The zero-order valence-electron chi connectivity index (χ0n) is 10.9. The van der Waals surface area contributed by atoms with Crippen LogP contribution in [0.25, 0.3) is 0 Å². The molecule has 8 heteroatoms. The molecule has 0 heterocycles. The summed E-state index contributed by atoms with van der Waals surface area (Å²) in [5, 5.41) is 26.8. The molecule has 0 amide bonds. The van der Waals surface area contributed by atoms with Gasteiger partial charge in [0.05, 0.1) is 19.0 Å². The molecule has 0 saturated heterocycles. The molecule has 19 heavy (non-hydrogen) atoms. The highest BCUT2D eigenvalue weighted by Crippen LogP contribution is 1.99. The molecule has 0 spiro atoms. The minimum atomic E-state index is -1.20. The summed E-state index contributed by atoms with van der Waals surface area (Å²) in [7, 11) is 0. The lowest BCUT2D eigenvalue weighted by Crippen LogP contribution is -2.41. The summed E-state index contributed by atoms with van der Waals surface area (Å²) in [5.41, 5.74) is 0. The molecule has 0 bridgehead atoms. The number of aliphatic hydroxyl groups is 1. The van der Waals surface area contributed by atoms with E-state index in [1.807, 2.05) is 0 Å². The number of hydrogen-bond acceptors (Lipinski definition) is 6. The highest BCUT2D eigenvalue weighted by atomic mass is 16.5. The number of carboxylic acids is 2. The summed E-state index contributed by atoms with van der Waals surface area (Å²) in [6.07, 6.45) is -1.14. The molecule has 0 aromatic rings. The molecule has 0 radical (unpaired) electrons. The van der Waals surface area contributed by atoms with Gasteiger partial charge in [-0.2, -0.15) is 0 Å². The first-order chi connectivity index (χ1) is 8.72. The molecule has 0 aromatic carbocycles. The highest BCUT2D eigenvalue weighted by molar-refractivity contribution is 5.72. The fraction of sp³-hybridized carbons (Fsp3) is 0.727. The Morgan fingerprint density at radius 3 is 1.95 bits per heavy atom. The average molecular weight is 277 g/mol. The van der Waals surface area contributed by atoms with Gasteiger partial charge in [-0.3, -0.25) is 19.3 Å². The highest BCUT2D eigenvalue weighted by Gasteiger charge is 2.19. The van der Waals surface area contributed by atoms with Gasteiger partial charge in [-0.05, 0) is 0 Å². The van der Waals surface area contributed by atoms with Crippen LogP contribution in [0, 0.1) is 5.92 Å². The minimum absolute atomic E-state index is 0.204. The van der Waals surface area contributed by atoms with E-state index in [9.17, 15) is 19.5 Å². The number of carbonyl (C=O) groups is 3. The topological polar surface area (TPSA) is 124 Å². The van der Waals surface area contributed by atoms with Crippen molar-refractivity contribution in [2.24, 2.45) is 5.92 Å².